The summed E-state index contributed by atoms with van der Waals surface area (Å²) in [7, 11) is 0. The summed E-state index contributed by atoms with van der Waals surface area (Å²) in [6.07, 6.45) is 5.40. The molecule has 0 aromatic heterocycles. The van der Waals surface area contributed by atoms with E-state index in [-0.39, 0.29) is 24.5 Å². The van der Waals surface area contributed by atoms with Crippen molar-refractivity contribution in [3.05, 3.63) is 350 Å². The Labute approximate surface area is 548 Å². The van der Waals surface area contributed by atoms with Crippen LogP contribution < -0.4 is 46.2 Å². The normalized spacial score (nSPS) is 15.2. The van der Waals surface area contributed by atoms with Gasteiger partial charge in [0.15, 0.2) is 0 Å². The molecular weight excluding hydrogens is 1150 g/mol. The Morgan fingerprint density at radius 1 is 0.376 bits per heavy atom. The maximum Gasteiger partial charge on any atom is 0.255 e. The van der Waals surface area contributed by atoms with E-state index < -0.39 is 0 Å². The topological polar surface area (TPSA) is 22.2 Å². The first-order valence-corrected chi connectivity index (χ1v) is 33.1. The lowest BCUT2D eigenvalue weighted by atomic mass is 9.28. The average molecular weight is 1210 g/mol. The number of aryl methyl sites for hydroxylation is 1. The van der Waals surface area contributed by atoms with Crippen LogP contribution in [0.15, 0.2) is 350 Å². The smallest absolute Gasteiger partial charge is 0.255 e. The summed E-state index contributed by atoms with van der Waals surface area (Å²) in [6.45, 7) is 2.16. The maximum atomic E-state index is 7.35. The molecule has 13 aromatic carbocycles. The highest BCUT2D eigenvalue weighted by Crippen LogP contribution is 2.56. The number of hydrogen-bond acceptors (Lipinski definition) is 6. The Hall–Kier alpha value is -11.2. The fourth-order valence-corrected chi connectivity index (χ4v) is 16.8. The van der Waals surface area contributed by atoms with E-state index in [4.69, 9.17) is 4.74 Å². The molecular formula is C85H60B2N4OS. The minimum atomic E-state index is -0.133. The van der Waals surface area contributed by atoms with E-state index in [2.05, 4.69) is 360 Å². The molecule has 4 heterocycles. The first kappa shape index (κ1) is 54.7. The second-order valence-corrected chi connectivity index (χ2v) is 25.9. The van der Waals surface area contributed by atoms with Crippen molar-refractivity contribution in [3.8, 4) is 44.9 Å². The molecule has 18 rings (SSSR count). The average Bonchev–Trinajstić information content (AvgIpc) is 0.698. The number of thioether (sulfide) groups is 1. The lowest BCUT2D eigenvalue weighted by Gasteiger charge is -2.49. The number of hydrogen-bond donors (Lipinski definition) is 0. The molecule has 4 aliphatic heterocycles. The van der Waals surface area contributed by atoms with Gasteiger partial charge in [-0.25, -0.2) is 0 Å². The molecule has 438 valence electrons. The molecule has 0 saturated heterocycles. The van der Waals surface area contributed by atoms with Crippen LogP contribution in [0.25, 0.3) is 33.4 Å². The second-order valence-electron chi connectivity index (χ2n) is 24.7. The van der Waals surface area contributed by atoms with E-state index in [1.54, 1.807) is 0 Å². The van der Waals surface area contributed by atoms with Gasteiger partial charge < -0.3 is 24.3 Å². The summed E-state index contributed by atoms with van der Waals surface area (Å²) in [5, 5.41) is 0.0144. The molecule has 0 N–H and O–H groups in total. The van der Waals surface area contributed by atoms with Gasteiger partial charge in [-0.2, -0.15) is 0 Å². The summed E-state index contributed by atoms with van der Waals surface area (Å²) in [6, 6.07) is 118. The predicted octanol–water partition coefficient (Wildman–Crippen LogP) is 20.1. The monoisotopic (exact) mass is 1210 g/mol. The number of ether oxygens (including phenoxy) is 1. The Balaban J connectivity index is 0.884. The highest BCUT2D eigenvalue weighted by atomic mass is 32.2. The van der Waals surface area contributed by atoms with E-state index in [1.807, 2.05) is 11.8 Å². The van der Waals surface area contributed by atoms with Gasteiger partial charge in [0.05, 0.1) is 11.4 Å². The van der Waals surface area contributed by atoms with Crippen molar-refractivity contribution in [1.29, 1.82) is 0 Å². The number of anilines is 11. The van der Waals surface area contributed by atoms with Crippen LogP contribution in [0.2, 0.25) is 5.82 Å². The standard InChI is InChI=1S/C85H60B2N4OS/c1-57-25-24-38-70(62-30-12-4-13-31-62)85(57)91-76-56-81-74(55-73(76)87-72-40-21-23-42-79(72)92-80-53-68(51-77(91)83(80)87)88(63-32-14-5-15-33-63)64-34-16-6-17-35-64)86-71-39-20-22-41-75(71)90(65-36-18-7-19-37-65)78-52-69(54-82(93-81)84(78)86)89(66-47-43-60(44-48-66)58-26-8-2-9-27-58)67-49-45-61(46-50-67)59-28-10-3-11-29-59/h2-56,74,81H,1H3. The van der Waals surface area contributed by atoms with Crippen LogP contribution >= 0.6 is 11.8 Å². The maximum absolute atomic E-state index is 7.35. The number of nitrogens with zero attached hydrogens (tertiary/aromatic N) is 4. The Kier molecular flexibility index (Phi) is 13.3. The minimum Gasteiger partial charge on any atom is -0.458 e. The molecule has 93 heavy (non-hydrogen) atoms. The molecule has 0 spiro atoms. The molecule has 5 aliphatic rings. The first-order valence-electron chi connectivity index (χ1n) is 32.2. The summed E-state index contributed by atoms with van der Waals surface area (Å²) in [4.78, 5) is 11.3. The molecule has 13 aromatic rings. The number of benzene rings is 13. The number of fused-ring (bicyclic) bond motifs is 8. The Morgan fingerprint density at radius 3 is 1.48 bits per heavy atom. The zero-order valence-corrected chi connectivity index (χ0v) is 52.0. The Bertz CT molecular complexity index is 4950. The lowest BCUT2D eigenvalue weighted by molar-refractivity contribution is 0.487. The predicted molar refractivity (Wildman–Crippen MR) is 393 cm³/mol. The lowest BCUT2D eigenvalue weighted by Crippen LogP contribution is -2.59. The second kappa shape index (κ2) is 22.6. The molecule has 1 aliphatic carbocycles. The molecule has 0 radical (unpaired) electrons. The highest BCUT2D eigenvalue weighted by Gasteiger charge is 2.52. The SMILES string of the molecule is Cc1cccc(-c2ccccc2)c1N1C2=CC3Sc4cc(N(c5ccc(-c6ccccc6)cc5)c5ccc(-c6ccccc6)cc5)cc5c4B(c4ccccc4N5c4ccccc4)C3C=C2B2c3ccccc3Oc3cc(N(c4ccccc4)c4ccccc4)cc1c32. The molecule has 2 atom stereocenters. The molecule has 0 saturated carbocycles. The van der Waals surface area contributed by atoms with Crippen molar-refractivity contribution < 1.29 is 4.74 Å². The van der Waals surface area contributed by atoms with Crippen molar-refractivity contribution in [2.45, 2.75) is 22.9 Å². The molecule has 5 nitrogen and oxygen atoms in total. The molecule has 2 unspecified atom stereocenters. The third kappa shape index (κ3) is 9.26. The van der Waals surface area contributed by atoms with Gasteiger partial charge in [-0.15, -0.1) is 11.8 Å². The summed E-state index contributed by atoms with van der Waals surface area (Å²) < 4.78 is 7.35. The van der Waals surface area contributed by atoms with Crippen molar-refractivity contribution in [3.63, 3.8) is 0 Å². The van der Waals surface area contributed by atoms with E-state index in [0.717, 1.165) is 68.2 Å². The van der Waals surface area contributed by atoms with Crippen LogP contribution in [0.4, 0.5) is 62.6 Å². The van der Waals surface area contributed by atoms with Crippen molar-refractivity contribution in [2.24, 2.45) is 0 Å². The van der Waals surface area contributed by atoms with E-state index in [9.17, 15) is 0 Å². The molecule has 0 fully saturated rings. The quantitative estimate of drug-likeness (QED) is 0.120. The third-order valence-electron chi connectivity index (χ3n) is 19.4. The van der Waals surface area contributed by atoms with E-state index >= 15 is 0 Å². The van der Waals surface area contributed by atoms with Crippen LogP contribution in [0.3, 0.4) is 0 Å². The van der Waals surface area contributed by atoms with Crippen molar-refractivity contribution in [2.75, 3.05) is 19.6 Å². The van der Waals surface area contributed by atoms with Crippen LogP contribution in [0.1, 0.15) is 5.56 Å². The minimum absolute atomic E-state index is 0.0101. The summed E-state index contributed by atoms with van der Waals surface area (Å²) in [5.74, 6) is 1.81. The zero-order valence-electron chi connectivity index (χ0n) is 51.2. The number of para-hydroxylation sites is 6. The summed E-state index contributed by atoms with van der Waals surface area (Å²) in [5.41, 5.74) is 28.0. The van der Waals surface area contributed by atoms with Crippen LogP contribution in [0.5, 0.6) is 11.5 Å². The van der Waals surface area contributed by atoms with Gasteiger partial charge >= 0.3 is 0 Å². The number of allylic oxidation sites excluding steroid dienone is 2. The van der Waals surface area contributed by atoms with E-state index in [0.29, 0.717) is 0 Å². The Morgan fingerprint density at radius 2 is 0.871 bits per heavy atom. The van der Waals surface area contributed by atoms with Crippen molar-refractivity contribution in [1.82, 2.24) is 0 Å². The third-order valence-corrected chi connectivity index (χ3v) is 20.7. The van der Waals surface area contributed by atoms with Crippen LogP contribution in [0, 0.1) is 6.92 Å². The van der Waals surface area contributed by atoms with Gasteiger partial charge in [-0.05, 0) is 171 Å². The highest BCUT2D eigenvalue weighted by molar-refractivity contribution is 8.00. The van der Waals surface area contributed by atoms with Gasteiger partial charge in [0.2, 0.25) is 6.71 Å². The van der Waals surface area contributed by atoms with Gasteiger partial charge in [0.1, 0.15) is 11.5 Å². The fourth-order valence-electron chi connectivity index (χ4n) is 15.3. The van der Waals surface area contributed by atoms with Crippen molar-refractivity contribution >= 4 is 110 Å². The van der Waals surface area contributed by atoms with Gasteiger partial charge in [-0.3, -0.25) is 0 Å². The van der Waals surface area contributed by atoms with Crippen LogP contribution in [-0.4, -0.2) is 18.7 Å². The van der Waals surface area contributed by atoms with Gasteiger partial charge in [0, 0.05) is 78.7 Å². The van der Waals surface area contributed by atoms with Gasteiger partial charge in [-0.1, -0.05) is 231 Å². The largest absolute Gasteiger partial charge is 0.458 e. The zero-order chi connectivity index (χ0) is 61.5. The summed E-state index contributed by atoms with van der Waals surface area (Å²) >= 11 is 2.02. The first-order chi connectivity index (χ1) is 46.1. The fraction of sp³-hybridized carbons (Fsp3) is 0.0353. The molecule has 8 heteroatoms. The molecule has 0 bridgehead atoms. The van der Waals surface area contributed by atoms with E-state index in [1.165, 1.54) is 82.7 Å². The number of rotatable bonds is 11. The van der Waals surface area contributed by atoms with Crippen LogP contribution in [-0.2, 0) is 0 Å². The van der Waals surface area contributed by atoms with Gasteiger partial charge in [0.25, 0.3) is 6.71 Å². The molecule has 0 amide bonds.